The van der Waals surface area contributed by atoms with Gasteiger partial charge in [0.05, 0.1) is 0 Å². The number of urea groups is 1. The van der Waals surface area contributed by atoms with Gasteiger partial charge in [-0.2, -0.15) is 0 Å². The Kier molecular flexibility index (Phi) is 3.64. The van der Waals surface area contributed by atoms with Gasteiger partial charge < -0.3 is 16.0 Å². The number of likely N-dealkylation sites (tertiary alicyclic amines) is 1. The molecule has 17 heavy (non-hydrogen) atoms. The number of nitrogens with one attached hydrogen (secondary N) is 1. The van der Waals surface area contributed by atoms with Crippen molar-refractivity contribution in [2.45, 2.75) is 25.8 Å². The van der Waals surface area contributed by atoms with Crippen LogP contribution in [-0.2, 0) is 0 Å². The first-order chi connectivity index (χ1) is 8.15. The monoisotopic (exact) mass is 233 g/mol. The number of rotatable bonds is 1. The summed E-state index contributed by atoms with van der Waals surface area (Å²) in [7, 11) is 0. The second-order valence-electron chi connectivity index (χ2n) is 4.64. The van der Waals surface area contributed by atoms with E-state index in [0.717, 1.165) is 25.1 Å². The summed E-state index contributed by atoms with van der Waals surface area (Å²) in [4.78, 5) is 13.7. The van der Waals surface area contributed by atoms with Crippen LogP contribution in [0.1, 0.15) is 18.4 Å². The summed E-state index contributed by atoms with van der Waals surface area (Å²) in [5, 5.41) is 2.89. The minimum absolute atomic E-state index is 0.0518. The Bertz CT molecular complexity index is 388. The van der Waals surface area contributed by atoms with Crippen molar-refractivity contribution in [3.8, 4) is 0 Å². The van der Waals surface area contributed by atoms with Gasteiger partial charge in [0, 0.05) is 24.8 Å². The first kappa shape index (κ1) is 11.9. The molecule has 4 nitrogen and oxygen atoms in total. The average molecular weight is 233 g/mol. The Morgan fingerprint density at radius 2 is 2.12 bits per heavy atom. The lowest BCUT2D eigenvalue weighted by atomic mass is 10.1. The normalized spacial score (nSPS) is 20.1. The average Bonchev–Trinajstić information content (AvgIpc) is 2.32. The Hall–Kier alpha value is -1.55. The summed E-state index contributed by atoms with van der Waals surface area (Å²) in [6, 6.07) is 7.86. The molecule has 4 heteroatoms. The molecule has 1 aromatic carbocycles. The molecule has 1 aliphatic heterocycles. The number of nitrogens with zero attached hydrogens (tertiary/aromatic N) is 1. The summed E-state index contributed by atoms with van der Waals surface area (Å²) < 4.78 is 0. The van der Waals surface area contributed by atoms with Gasteiger partial charge in [0.1, 0.15) is 0 Å². The molecule has 92 valence electrons. The highest BCUT2D eigenvalue weighted by atomic mass is 16.2. The molecule has 1 atom stereocenters. The highest BCUT2D eigenvalue weighted by Crippen LogP contribution is 2.12. The van der Waals surface area contributed by atoms with E-state index < -0.39 is 0 Å². The van der Waals surface area contributed by atoms with Crippen molar-refractivity contribution >= 4 is 11.7 Å². The Morgan fingerprint density at radius 1 is 1.41 bits per heavy atom. The number of piperidine rings is 1. The number of hydrogen-bond donors (Lipinski definition) is 2. The minimum Gasteiger partial charge on any atom is -0.326 e. The number of nitrogens with two attached hydrogens (primary N) is 1. The lowest BCUT2D eigenvalue weighted by Gasteiger charge is -2.30. The highest BCUT2D eigenvalue weighted by molar-refractivity contribution is 5.89. The second kappa shape index (κ2) is 5.19. The molecule has 2 rings (SSSR count). The molecule has 2 amide bonds. The van der Waals surface area contributed by atoms with Gasteiger partial charge >= 0.3 is 6.03 Å². The Morgan fingerprint density at radius 3 is 2.76 bits per heavy atom. The van der Waals surface area contributed by atoms with Crippen molar-refractivity contribution in [1.29, 1.82) is 0 Å². The molecule has 0 aliphatic carbocycles. The molecule has 1 aromatic rings. The summed E-state index contributed by atoms with van der Waals surface area (Å²) in [6.45, 7) is 3.47. The summed E-state index contributed by atoms with van der Waals surface area (Å²) in [5.74, 6) is 0. The van der Waals surface area contributed by atoms with Gasteiger partial charge in [-0.25, -0.2) is 4.79 Å². The molecule has 0 radical (unpaired) electrons. The predicted octanol–water partition coefficient (Wildman–Crippen LogP) is 1.95. The quantitative estimate of drug-likeness (QED) is 0.779. The summed E-state index contributed by atoms with van der Waals surface area (Å²) in [5.41, 5.74) is 7.87. The van der Waals surface area contributed by atoms with Crippen molar-refractivity contribution in [1.82, 2.24) is 4.90 Å². The molecule has 0 bridgehead atoms. The van der Waals surface area contributed by atoms with Crippen molar-refractivity contribution in [3.63, 3.8) is 0 Å². The van der Waals surface area contributed by atoms with Gasteiger partial charge in [0.15, 0.2) is 0 Å². The van der Waals surface area contributed by atoms with Crippen molar-refractivity contribution in [3.05, 3.63) is 29.8 Å². The number of hydrogen-bond acceptors (Lipinski definition) is 2. The molecule has 1 aliphatic rings. The van der Waals surface area contributed by atoms with E-state index in [4.69, 9.17) is 5.73 Å². The first-order valence-corrected chi connectivity index (χ1v) is 6.03. The van der Waals surface area contributed by atoms with Gasteiger partial charge in [0.25, 0.3) is 0 Å². The van der Waals surface area contributed by atoms with Crippen LogP contribution in [0.15, 0.2) is 24.3 Å². The van der Waals surface area contributed by atoms with Crippen molar-refractivity contribution in [2.24, 2.45) is 5.73 Å². The maximum Gasteiger partial charge on any atom is 0.321 e. The molecule has 0 aromatic heterocycles. The second-order valence-corrected chi connectivity index (χ2v) is 4.64. The van der Waals surface area contributed by atoms with E-state index in [0.29, 0.717) is 6.54 Å². The minimum atomic E-state index is -0.0518. The SMILES string of the molecule is Cc1ccc(NC(=O)N2CCCC(N)C2)cc1. The number of aryl methyl sites for hydroxylation is 1. The van der Waals surface area contributed by atoms with Gasteiger partial charge in [0.2, 0.25) is 0 Å². The maximum absolute atomic E-state index is 12.0. The van der Waals surface area contributed by atoms with Crippen LogP contribution in [0.2, 0.25) is 0 Å². The van der Waals surface area contributed by atoms with Crippen LogP contribution in [0.4, 0.5) is 10.5 Å². The maximum atomic E-state index is 12.0. The Balaban J connectivity index is 1.94. The van der Waals surface area contributed by atoms with Crippen molar-refractivity contribution in [2.75, 3.05) is 18.4 Å². The molecule has 0 saturated carbocycles. The zero-order valence-electron chi connectivity index (χ0n) is 10.1. The standard InChI is InChI=1S/C13H19N3O/c1-10-4-6-12(7-5-10)15-13(17)16-8-2-3-11(14)9-16/h4-7,11H,2-3,8-9,14H2,1H3,(H,15,17). The zero-order valence-corrected chi connectivity index (χ0v) is 10.1. The van der Waals surface area contributed by atoms with E-state index in [1.807, 2.05) is 31.2 Å². The fraction of sp³-hybridized carbons (Fsp3) is 0.462. The number of anilines is 1. The Labute approximate surface area is 102 Å². The number of amides is 2. The van der Waals surface area contributed by atoms with Crippen LogP contribution in [-0.4, -0.2) is 30.1 Å². The van der Waals surface area contributed by atoms with Crippen LogP contribution >= 0.6 is 0 Å². The molecule has 1 unspecified atom stereocenters. The number of carbonyl (C=O) groups excluding carboxylic acids is 1. The van der Waals surface area contributed by atoms with E-state index >= 15 is 0 Å². The topological polar surface area (TPSA) is 58.4 Å². The summed E-state index contributed by atoms with van der Waals surface area (Å²) in [6.07, 6.45) is 2.00. The van der Waals surface area contributed by atoms with E-state index in [1.54, 1.807) is 4.90 Å². The fourth-order valence-electron chi connectivity index (χ4n) is 2.03. The van der Waals surface area contributed by atoms with E-state index in [1.165, 1.54) is 5.56 Å². The highest BCUT2D eigenvalue weighted by Gasteiger charge is 2.20. The lowest BCUT2D eigenvalue weighted by Crippen LogP contribution is -2.47. The van der Waals surface area contributed by atoms with Gasteiger partial charge in [-0.1, -0.05) is 17.7 Å². The third-order valence-electron chi connectivity index (χ3n) is 3.05. The third-order valence-corrected chi connectivity index (χ3v) is 3.05. The zero-order chi connectivity index (χ0) is 12.3. The van der Waals surface area contributed by atoms with Crippen LogP contribution in [0.5, 0.6) is 0 Å². The molecule has 1 saturated heterocycles. The van der Waals surface area contributed by atoms with Crippen LogP contribution in [0, 0.1) is 6.92 Å². The first-order valence-electron chi connectivity index (χ1n) is 6.03. The number of benzene rings is 1. The lowest BCUT2D eigenvalue weighted by molar-refractivity contribution is 0.193. The van der Waals surface area contributed by atoms with Crippen LogP contribution < -0.4 is 11.1 Å². The van der Waals surface area contributed by atoms with Gasteiger partial charge in [-0.05, 0) is 31.9 Å². The largest absolute Gasteiger partial charge is 0.326 e. The smallest absolute Gasteiger partial charge is 0.321 e. The van der Waals surface area contributed by atoms with E-state index in [9.17, 15) is 4.79 Å². The van der Waals surface area contributed by atoms with Crippen molar-refractivity contribution < 1.29 is 4.79 Å². The van der Waals surface area contributed by atoms with Crippen LogP contribution in [0.25, 0.3) is 0 Å². The molecule has 1 heterocycles. The van der Waals surface area contributed by atoms with E-state index in [2.05, 4.69) is 5.32 Å². The molecule has 3 N–H and O–H groups in total. The van der Waals surface area contributed by atoms with Gasteiger partial charge in [-0.3, -0.25) is 0 Å². The molecule has 0 spiro atoms. The predicted molar refractivity (Wildman–Crippen MR) is 69.0 cm³/mol. The fourth-order valence-corrected chi connectivity index (χ4v) is 2.03. The van der Waals surface area contributed by atoms with Crippen LogP contribution in [0.3, 0.4) is 0 Å². The van der Waals surface area contributed by atoms with E-state index in [-0.39, 0.29) is 12.1 Å². The molecule has 1 fully saturated rings. The molecular weight excluding hydrogens is 214 g/mol. The number of carbonyl (C=O) groups is 1. The molecular formula is C13H19N3O. The summed E-state index contributed by atoms with van der Waals surface area (Å²) >= 11 is 0. The van der Waals surface area contributed by atoms with Gasteiger partial charge in [-0.15, -0.1) is 0 Å². The third kappa shape index (κ3) is 3.20.